The average molecular weight is 383 g/mol. The van der Waals surface area contributed by atoms with Crippen LogP contribution in [0.2, 0.25) is 10.0 Å². The van der Waals surface area contributed by atoms with Crippen LogP contribution in [0.3, 0.4) is 0 Å². The zero-order valence-corrected chi connectivity index (χ0v) is 14.4. The van der Waals surface area contributed by atoms with E-state index in [1.54, 1.807) is 0 Å². The number of nitro groups is 1. The van der Waals surface area contributed by atoms with Crippen LogP contribution in [0, 0.1) is 10.1 Å². The SMILES string of the molecule is CC(OC(=O)c1ccc(Cl)cc1Cl)C(=O)Nc1ccccc1[N+](=O)[O-]. The maximum absolute atomic E-state index is 12.1. The number of halogens is 2. The number of carbonyl (C=O) groups is 2. The molecule has 9 heteroatoms. The Kier molecular flexibility index (Phi) is 5.95. The molecule has 0 aromatic heterocycles. The normalized spacial score (nSPS) is 11.5. The number of carbonyl (C=O) groups excluding carboxylic acids is 2. The fourth-order valence-corrected chi connectivity index (χ4v) is 2.39. The highest BCUT2D eigenvalue weighted by Gasteiger charge is 2.23. The molecule has 1 N–H and O–H groups in total. The third-order valence-corrected chi connectivity index (χ3v) is 3.71. The molecule has 0 aliphatic heterocycles. The first kappa shape index (κ1) is 18.7. The van der Waals surface area contributed by atoms with Crippen LogP contribution in [0.1, 0.15) is 17.3 Å². The third-order valence-electron chi connectivity index (χ3n) is 3.16. The summed E-state index contributed by atoms with van der Waals surface area (Å²) in [5.74, 6) is -1.53. The van der Waals surface area contributed by atoms with Gasteiger partial charge in [-0.2, -0.15) is 0 Å². The van der Waals surface area contributed by atoms with E-state index in [-0.39, 0.29) is 22.0 Å². The van der Waals surface area contributed by atoms with Gasteiger partial charge in [-0.3, -0.25) is 14.9 Å². The van der Waals surface area contributed by atoms with Gasteiger partial charge in [-0.25, -0.2) is 4.79 Å². The van der Waals surface area contributed by atoms with Crippen LogP contribution in [0.4, 0.5) is 11.4 Å². The van der Waals surface area contributed by atoms with E-state index in [9.17, 15) is 19.7 Å². The highest BCUT2D eigenvalue weighted by atomic mass is 35.5. The van der Waals surface area contributed by atoms with Gasteiger partial charge in [0.05, 0.1) is 15.5 Å². The number of esters is 1. The van der Waals surface area contributed by atoms with Gasteiger partial charge < -0.3 is 10.1 Å². The molecule has 0 saturated carbocycles. The van der Waals surface area contributed by atoms with Gasteiger partial charge in [0.1, 0.15) is 5.69 Å². The van der Waals surface area contributed by atoms with Crippen LogP contribution < -0.4 is 5.32 Å². The predicted octanol–water partition coefficient (Wildman–Crippen LogP) is 4.09. The van der Waals surface area contributed by atoms with Crippen molar-refractivity contribution >= 4 is 46.5 Å². The summed E-state index contributed by atoms with van der Waals surface area (Å²) in [6.45, 7) is 1.34. The van der Waals surface area contributed by atoms with Crippen LogP contribution in [-0.2, 0) is 9.53 Å². The summed E-state index contributed by atoms with van der Waals surface area (Å²) in [5.41, 5.74) is -0.212. The lowest BCUT2D eigenvalue weighted by molar-refractivity contribution is -0.383. The summed E-state index contributed by atoms with van der Waals surface area (Å²) in [6, 6.07) is 9.84. The molecule has 1 unspecified atom stereocenters. The summed E-state index contributed by atoms with van der Waals surface area (Å²) in [6.07, 6.45) is -1.20. The molecule has 1 atom stereocenters. The second kappa shape index (κ2) is 7.96. The fourth-order valence-electron chi connectivity index (χ4n) is 1.91. The fraction of sp³-hybridized carbons (Fsp3) is 0.125. The van der Waals surface area contributed by atoms with Gasteiger partial charge in [-0.1, -0.05) is 35.3 Å². The van der Waals surface area contributed by atoms with Gasteiger partial charge in [0, 0.05) is 11.1 Å². The van der Waals surface area contributed by atoms with Crippen LogP contribution >= 0.6 is 23.2 Å². The Morgan fingerprint density at radius 3 is 2.52 bits per heavy atom. The van der Waals surface area contributed by atoms with Gasteiger partial charge in [0.25, 0.3) is 11.6 Å². The van der Waals surface area contributed by atoms with E-state index in [0.29, 0.717) is 5.02 Å². The maximum atomic E-state index is 12.1. The number of amides is 1. The molecule has 2 rings (SSSR count). The summed E-state index contributed by atoms with van der Waals surface area (Å²) >= 11 is 11.7. The van der Waals surface area contributed by atoms with E-state index in [2.05, 4.69) is 5.32 Å². The number of hydrogen-bond acceptors (Lipinski definition) is 5. The van der Waals surface area contributed by atoms with E-state index >= 15 is 0 Å². The molecule has 0 fully saturated rings. The lowest BCUT2D eigenvalue weighted by Crippen LogP contribution is -2.30. The Morgan fingerprint density at radius 1 is 1.20 bits per heavy atom. The monoisotopic (exact) mass is 382 g/mol. The van der Waals surface area contributed by atoms with Crippen LogP contribution in [-0.4, -0.2) is 22.9 Å². The van der Waals surface area contributed by atoms with Crippen molar-refractivity contribution < 1.29 is 19.2 Å². The minimum absolute atomic E-state index is 0.00456. The summed E-state index contributed by atoms with van der Waals surface area (Å²) in [5, 5.41) is 13.7. The lowest BCUT2D eigenvalue weighted by Gasteiger charge is -2.14. The molecule has 0 spiro atoms. The standard InChI is InChI=1S/C16H12Cl2N2O5/c1-9(25-16(22)11-7-6-10(17)8-12(11)18)15(21)19-13-4-2-3-5-14(13)20(23)24/h2-9H,1H3,(H,19,21). The number of ether oxygens (including phenoxy) is 1. The Labute approximate surface area is 152 Å². The predicted molar refractivity (Wildman–Crippen MR) is 93.1 cm³/mol. The first-order valence-electron chi connectivity index (χ1n) is 7.00. The zero-order valence-electron chi connectivity index (χ0n) is 12.9. The minimum Gasteiger partial charge on any atom is -0.449 e. The maximum Gasteiger partial charge on any atom is 0.340 e. The number of nitrogens with one attached hydrogen (secondary N) is 1. The van der Waals surface area contributed by atoms with Crippen molar-refractivity contribution in [3.63, 3.8) is 0 Å². The van der Waals surface area contributed by atoms with E-state index in [1.165, 1.54) is 49.4 Å². The number of benzene rings is 2. The summed E-state index contributed by atoms with van der Waals surface area (Å²) in [4.78, 5) is 34.5. The van der Waals surface area contributed by atoms with Gasteiger partial charge in [0.15, 0.2) is 6.10 Å². The number of hydrogen-bond donors (Lipinski definition) is 1. The molecule has 0 heterocycles. The van der Waals surface area contributed by atoms with Gasteiger partial charge in [-0.15, -0.1) is 0 Å². The van der Waals surface area contributed by atoms with Crippen molar-refractivity contribution in [3.8, 4) is 0 Å². The van der Waals surface area contributed by atoms with E-state index in [4.69, 9.17) is 27.9 Å². The Bertz CT molecular complexity index is 841. The second-order valence-electron chi connectivity index (χ2n) is 4.94. The van der Waals surface area contributed by atoms with Gasteiger partial charge >= 0.3 is 5.97 Å². The van der Waals surface area contributed by atoms with E-state index < -0.39 is 22.9 Å². The van der Waals surface area contributed by atoms with Gasteiger partial charge in [0.2, 0.25) is 0 Å². The molecule has 25 heavy (non-hydrogen) atoms. The Hall–Kier alpha value is -2.64. The molecule has 0 bridgehead atoms. The molecule has 1 amide bonds. The van der Waals surface area contributed by atoms with Crippen LogP contribution in [0.25, 0.3) is 0 Å². The summed E-state index contributed by atoms with van der Waals surface area (Å²) in [7, 11) is 0. The average Bonchev–Trinajstić information content (AvgIpc) is 2.54. The summed E-state index contributed by atoms with van der Waals surface area (Å²) < 4.78 is 5.04. The van der Waals surface area contributed by atoms with Crippen molar-refractivity contribution in [2.24, 2.45) is 0 Å². The van der Waals surface area contributed by atoms with Crippen molar-refractivity contribution in [2.75, 3.05) is 5.32 Å². The second-order valence-corrected chi connectivity index (χ2v) is 5.78. The zero-order chi connectivity index (χ0) is 18.6. The highest BCUT2D eigenvalue weighted by molar-refractivity contribution is 6.36. The highest BCUT2D eigenvalue weighted by Crippen LogP contribution is 2.24. The third kappa shape index (κ3) is 4.68. The van der Waals surface area contributed by atoms with E-state index in [1.807, 2.05) is 0 Å². The largest absolute Gasteiger partial charge is 0.449 e. The lowest BCUT2D eigenvalue weighted by atomic mass is 10.2. The quantitative estimate of drug-likeness (QED) is 0.477. The molecule has 0 aliphatic rings. The number of anilines is 1. The molecular formula is C16H12Cl2N2O5. The molecule has 0 aliphatic carbocycles. The van der Waals surface area contributed by atoms with Crippen molar-refractivity contribution in [2.45, 2.75) is 13.0 Å². The van der Waals surface area contributed by atoms with Crippen LogP contribution in [0.5, 0.6) is 0 Å². The van der Waals surface area contributed by atoms with Crippen LogP contribution in [0.15, 0.2) is 42.5 Å². The Morgan fingerprint density at radius 2 is 1.88 bits per heavy atom. The molecule has 2 aromatic rings. The first-order chi connectivity index (χ1) is 11.8. The molecule has 2 aromatic carbocycles. The Balaban J connectivity index is 2.08. The number of rotatable bonds is 5. The topological polar surface area (TPSA) is 98.5 Å². The van der Waals surface area contributed by atoms with Gasteiger partial charge in [-0.05, 0) is 31.2 Å². The number of nitro benzene ring substituents is 1. The first-order valence-corrected chi connectivity index (χ1v) is 7.75. The van der Waals surface area contributed by atoms with Crippen molar-refractivity contribution in [1.29, 1.82) is 0 Å². The molecule has 0 radical (unpaired) electrons. The van der Waals surface area contributed by atoms with Crippen molar-refractivity contribution in [3.05, 3.63) is 68.2 Å². The molecular weight excluding hydrogens is 371 g/mol. The minimum atomic E-state index is -1.20. The molecule has 130 valence electrons. The van der Waals surface area contributed by atoms with Crippen molar-refractivity contribution in [1.82, 2.24) is 0 Å². The number of nitrogens with zero attached hydrogens (tertiary/aromatic N) is 1. The molecule has 7 nitrogen and oxygen atoms in total. The number of para-hydroxylation sites is 2. The van der Waals surface area contributed by atoms with E-state index in [0.717, 1.165) is 0 Å². The smallest absolute Gasteiger partial charge is 0.340 e. The molecule has 0 saturated heterocycles.